The fourth-order valence-electron chi connectivity index (χ4n) is 2.11. The molecule has 0 spiro atoms. The van der Waals surface area contributed by atoms with Crippen LogP contribution < -0.4 is 0 Å². The molecule has 0 aliphatic rings. The summed E-state index contributed by atoms with van der Waals surface area (Å²) in [6.07, 6.45) is 1.67. The first kappa shape index (κ1) is 12.0. The Morgan fingerprint density at radius 2 is 2.26 bits per heavy atom. The number of aromatic nitrogens is 5. The van der Waals surface area contributed by atoms with E-state index in [1.54, 1.807) is 12.4 Å². The van der Waals surface area contributed by atoms with Crippen molar-refractivity contribution >= 4 is 23.3 Å². The lowest BCUT2D eigenvalue weighted by molar-refractivity contribution is 0.637. The Morgan fingerprint density at radius 1 is 1.42 bits per heavy atom. The summed E-state index contributed by atoms with van der Waals surface area (Å²) in [7, 11) is 0. The van der Waals surface area contributed by atoms with Gasteiger partial charge in [-0.25, -0.2) is 4.39 Å². The predicted molar refractivity (Wildman–Crippen MR) is 71.9 cm³/mol. The van der Waals surface area contributed by atoms with Gasteiger partial charge in [-0.3, -0.25) is 0 Å². The molecule has 0 amide bonds. The minimum Gasteiger partial charge on any atom is -0.328 e. The molecule has 2 heterocycles. The third kappa shape index (κ3) is 1.95. The van der Waals surface area contributed by atoms with E-state index in [1.165, 1.54) is 6.07 Å². The van der Waals surface area contributed by atoms with Crippen LogP contribution in [0.5, 0.6) is 0 Å². The van der Waals surface area contributed by atoms with Crippen molar-refractivity contribution in [3.63, 3.8) is 0 Å². The number of imidazole rings is 1. The fourth-order valence-corrected chi connectivity index (χ4v) is 2.37. The molecule has 3 rings (SSSR count). The van der Waals surface area contributed by atoms with Gasteiger partial charge in [0.2, 0.25) is 0 Å². The second-order valence-electron chi connectivity index (χ2n) is 4.18. The first-order valence-electron chi connectivity index (χ1n) is 5.94. The molecule has 0 radical (unpaired) electrons. The number of fused-ring (bicyclic) bond motifs is 1. The van der Waals surface area contributed by atoms with Crippen LogP contribution >= 0.6 is 12.2 Å². The number of halogens is 1. The van der Waals surface area contributed by atoms with E-state index in [9.17, 15) is 4.39 Å². The van der Waals surface area contributed by atoms with Crippen molar-refractivity contribution in [3.05, 3.63) is 40.9 Å². The number of nitrogens with zero attached hydrogens (tertiary/aromatic N) is 4. The minimum atomic E-state index is -0.306. The zero-order valence-corrected chi connectivity index (χ0v) is 11.1. The summed E-state index contributed by atoms with van der Waals surface area (Å²) in [6.45, 7) is 3.27. The van der Waals surface area contributed by atoms with Crippen LogP contribution in [0.1, 0.15) is 12.7 Å². The number of hydrogen-bond acceptors (Lipinski definition) is 3. The van der Waals surface area contributed by atoms with E-state index >= 15 is 0 Å². The van der Waals surface area contributed by atoms with Crippen LogP contribution in [0.25, 0.3) is 11.0 Å². The quantitative estimate of drug-likeness (QED) is 0.748. The number of rotatable bonds is 3. The summed E-state index contributed by atoms with van der Waals surface area (Å²) < 4.78 is 17.9. The minimum absolute atomic E-state index is 0.306. The Hall–Kier alpha value is -2.02. The number of para-hydroxylation sites is 1. The lowest BCUT2D eigenvalue weighted by Gasteiger charge is -2.05. The summed E-state index contributed by atoms with van der Waals surface area (Å²) in [5, 5.41) is 7.95. The zero-order valence-electron chi connectivity index (χ0n) is 10.3. The van der Waals surface area contributed by atoms with Crippen molar-refractivity contribution in [2.24, 2.45) is 0 Å². The maximum absolute atomic E-state index is 13.7. The van der Waals surface area contributed by atoms with Crippen LogP contribution in [0.3, 0.4) is 0 Å². The monoisotopic (exact) mass is 277 g/mol. The van der Waals surface area contributed by atoms with Crippen molar-refractivity contribution in [3.8, 4) is 0 Å². The first-order valence-corrected chi connectivity index (χ1v) is 6.35. The average Bonchev–Trinajstić information content (AvgIpc) is 2.97. The molecule has 0 atom stereocenters. The molecule has 19 heavy (non-hydrogen) atoms. The third-order valence-electron chi connectivity index (χ3n) is 3.10. The van der Waals surface area contributed by atoms with Crippen molar-refractivity contribution < 1.29 is 4.39 Å². The van der Waals surface area contributed by atoms with Gasteiger partial charge in [0.05, 0.1) is 12.1 Å². The molecule has 1 N–H and O–H groups in total. The van der Waals surface area contributed by atoms with Crippen LogP contribution in [-0.4, -0.2) is 24.3 Å². The topological polar surface area (TPSA) is 51.4 Å². The largest absolute Gasteiger partial charge is 0.328 e. The summed E-state index contributed by atoms with van der Waals surface area (Å²) in [5.74, 6) is 0.489. The van der Waals surface area contributed by atoms with E-state index in [4.69, 9.17) is 12.2 Å². The van der Waals surface area contributed by atoms with Crippen molar-refractivity contribution in [1.82, 2.24) is 24.3 Å². The molecule has 2 aromatic heterocycles. The molecule has 98 valence electrons. The molecule has 3 aromatic rings. The number of benzene rings is 1. The zero-order chi connectivity index (χ0) is 13.4. The van der Waals surface area contributed by atoms with E-state index in [0.717, 1.165) is 17.9 Å². The van der Waals surface area contributed by atoms with Gasteiger partial charge in [0, 0.05) is 6.54 Å². The molecule has 0 saturated heterocycles. The van der Waals surface area contributed by atoms with Gasteiger partial charge >= 0.3 is 0 Å². The van der Waals surface area contributed by atoms with Gasteiger partial charge in [-0.1, -0.05) is 6.07 Å². The molecular formula is C12H12FN5S. The summed E-state index contributed by atoms with van der Waals surface area (Å²) in [6, 6.07) is 4.91. The predicted octanol–water partition coefficient (Wildman–Crippen LogP) is 2.50. The molecular weight excluding hydrogens is 265 g/mol. The SMILES string of the molecule is CCn1cnnc1Cn1c(=S)[nH]c2c(F)cccc21. The molecule has 1 aromatic carbocycles. The van der Waals surface area contributed by atoms with Gasteiger partial charge in [0.15, 0.2) is 10.6 Å². The molecule has 0 unspecified atom stereocenters. The van der Waals surface area contributed by atoms with Crippen molar-refractivity contribution in [2.75, 3.05) is 0 Å². The Labute approximate surface area is 113 Å². The number of aromatic amines is 1. The lowest BCUT2D eigenvalue weighted by Crippen LogP contribution is -2.07. The highest BCUT2D eigenvalue weighted by molar-refractivity contribution is 7.71. The van der Waals surface area contributed by atoms with E-state index in [2.05, 4.69) is 15.2 Å². The van der Waals surface area contributed by atoms with E-state index < -0.39 is 0 Å². The molecule has 0 bridgehead atoms. The van der Waals surface area contributed by atoms with E-state index in [1.807, 2.05) is 22.1 Å². The Balaban J connectivity index is 2.13. The Kier molecular flexibility index (Phi) is 2.90. The third-order valence-corrected chi connectivity index (χ3v) is 3.42. The highest BCUT2D eigenvalue weighted by Gasteiger charge is 2.11. The van der Waals surface area contributed by atoms with Gasteiger partial charge in [-0.05, 0) is 31.3 Å². The highest BCUT2D eigenvalue weighted by atomic mass is 32.1. The number of H-pyrrole nitrogens is 1. The van der Waals surface area contributed by atoms with Crippen molar-refractivity contribution in [2.45, 2.75) is 20.0 Å². The van der Waals surface area contributed by atoms with Crippen molar-refractivity contribution in [1.29, 1.82) is 0 Å². The van der Waals surface area contributed by atoms with Crippen LogP contribution in [-0.2, 0) is 13.1 Å². The highest BCUT2D eigenvalue weighted by Crippen LogP contribution is 2.18. The van der Waals surface area contributed by atoms with Crippen LogP contribution in [0.4, 0.5) is 4.39 Å². The van der Waals surface area contributed by atoms with Gasteiger partial charge in [-0.15, -0.1) is 10.2 Å². The van der Waals surface area contributed by atoms with Crippen LogP contribution in [0.15, 0.2) is 24.5 Å². The molecule has 5 nitrogen and oxygen atoms in total. The van der Waals surface area contributed by atoms with Gasteiger partial charge in [-0.2, -0.15) is 0 Å². The Morgan fingerprint density at radius 3 is 3.05 bits per heavy atom. The van der Waals surface area contributed by atoms with Crippen LogP contribution in [0, 0.1) is 10.6 Å². The lowest BCUT2D eigenvalue weighted by atomic mass is 10.3. The first-order chi connectivity index (χ1) is 9.20. The number of hydrogen-bond donors (Lipinski definition) is 1. The molecule has 0 fully saturated rings. The molecule has 7 heteroatoms. The second-order valence-corrected chi connectivity index (χ2v) is 4.57. The van der Waals surface area contributed by atoms with Crippen LogP contribution in [0.2, 0.25) is 0 Å². The van der Waals surface area contributed by atoms with E-state index in [-0.39, 0.29) is 5.82 Å². The normalized spacial score (nSPS) is 11.3. The average molecular weight is 277 g/mol. The second kappa shape index (κ2) is 4.58. The number of nitrogens with one attached hydrogen (secondary N) is 1. The summed E-state index contributed by atoms with van der Waals surface area (Å²) in [5.41, 5.74) is 1.16. The molecule has 0 saturated carbocycles. The maximum Gasteiger partial charge on any atom is 0.178 e. The number of aryl methyl sites for hydroxylation is 1. The van der Waals surface area contributed by atoms with Gasteiger partial charge in [0.1, 0.15) is 17.7 Å². The Bertz CT molecular complexity index is 785. The van der Waals surface area contributed by atoms with E-state index in [0.29, 0.717) is 16.8 Å². The molecule has 0 aliphatic heterocycles. The summed E-state index contributed by atoms with van der Waals surface area (Å²) in [4.78, 5) is 2.89. The smallest absolute Gasteiger partial charge is 0.178 e. The fraction of sp³-hybridized carbons (Fsp3) is 0.250. The maximum atomic E-state index is 13.7. The van der Waals surface area contributed by atoms with Gasteiger partial charge in [0.25, 0.3) is 0 Å². The van der Waals surface area contributed by atoms with Gasteiger partial charge < -0.3 is 14.1 Å². The standard InChI is InChI=1S/C12H12FN5S/c1-2-17-7-14-16-10(17)6-18-9-5-3-4-8(13)11(9)15-12(18)19/h3-5,7H,2,6H2,1H3,(H,15,19). The molecule has 0 aliphatic carbocycles. The summed E-state index contributed by atoms with van der Waals surface area (Å²) >= 11 is 5.25.